The molecule has 6 nitrogen and oxygen atoms in total. The predicted molar refractivity (Wildman–Crippen MR) is 224 cm³/mol. The zero-order valence-corrected chi connectivity index (χ0v) is 34.3. The molecule has 0 spiro atoms. The first-order chi connectivity index (χ1) is 26.0. The van der Waals surface area contributed by atoms with E-state index in [2.05, 4.69) is 93.7 Å². The normalized spacial score (nSPS) is 12.7. The van der Waals surface area contributed by atoms with E-state index in [1.54, 1.807) is 0 Å². The van der Waals surface area contributed by atoms with Crippen LogP contribution in [0, 0.1) is 0 Å². The fourth-order valence-corrected chi connectivity index (χ4v) is 5.58. The van der Waals surface area contributed by atoms with Crippen LogP contribution in [0.2, 0.25) is 0 Å². The minimum atomic E-state index is -0.801. The molecule has 0 heterocycles. The second-order valence-electron chi connectivity index (χ2n) is 13.9. The summed E-state index contributed by atoms with van der Waals surface area (Å²) in [5.74, 6) is -0.978. The summed E-state index contributed by atoms with van der Waals surface area (Å²) in [6, 6.07) is 0. The van der Waals surface area contributed by atoms with E-state index in [-0.39, 0.29) is 37.5 Å². The molecule has 53 heavy (non-hydrogen) atoms. The number of esters is 3. The van der Waals surface area contributed by atoms with Gasteiger partial charge in [0, 0.05) is 19.3 Å². The van der Waals surface area contributed by atoms with Crippen molar-refractivity contribution < 1.29 is 28.6 Å². The van der Waals surface area contributed by atoms with Gasteiger partial charge in [-0.3, -0.25) is 14.4 Å². The van der Waals surface area contributed by atoms with Crippen LogP contribution < -0.4 is 0 Å². The Labute approximate surface area is 325 Å². The van der Waals surface area contributed by atoms with Crippen molar-refractivity contribution in [3.05, 3.63) is 72.9 Å². The van der Waals surface area contributed by atoms with Gasteiger partial charge in [-0.25, -0.2) is 0 Å². The van der Waals surface area contributed by atoms with Crippen LogP contribution in [0.3, 0.4) is 0 Å². The standard InChI is InChI=1S/C47H78O6/c1-4-7-10-13-16-19-21-22-23-24-26-28-31-34-37-40-46(49)52-43-44(42-51-45(48)39-36-33-30-27-18-15-12-9-6-3)53-47(50)41-38-35-32-29-25-20-17-14-11-8-5-2/h7-8,10-11,13,16-17,19-21,29,32,44H,4-6,9,12,14-15,18,22-28,30-31,33-43H2,1-3H3/b10-7-,11-8-,16-13-,20-17-,21-19-,32-29-. The summed E-state index contributed by atoms with van der Waals surface area (Å²) < 4.78 is 16.6. The molecule has 0 N–H and O–H groups in total. The number of hydrogen-bond acceptors (Lipinski definition) is 6. The Hall–Kier alpha value is -3.15. The van der Waals surface area contributed by atoms with Gasteiger partial charge in [-0.1, -0.05) is 177 Å². The van der Waals surface area contributed by atoms with Gasteiger partial charge in [0.15, 0.2) is 6.10 Å². The van der Waals surface area contributed by atoms with Gasteiger partial charge in [0.25, 0.3) is 0 Å². The number of hydrogen-bond donors (Lipinski definition) is 0. The minimum absolute atomic E-state index is 0.0994. The van der Waals surface area contributed by atoms with Crippen molar-refractivity contribution in [1.82, 2.24) is 0 Å². The highest BCUT2D eigenvalue weighted by Crippen LogP contribution is 2.13. The molecule has 0 aliphatic carbocycles. The van der Waals surface area contributed by atoms with Crippen molar-refractivity contribution in [3.8, 4) is 0 Å². The molecule has 0 aromatic heterocycles. The second kappa shape index (κ2) is 41.6. The quantitative estimate of drug-likeness (QED) is 0.0208. The Morgan fingerprint density at radius 3 is 1.40 bits per heavy atom. The molecule has 0 rings (SSSR count). The summed E-state index contributed by atoms with van der Waals surface area (Å²) in [4.78, 5) is 37.6. The van der Waals surface area contributed by atoms with Crippen molar-refractivity contribution >= 4 is 17.9 Å². The zero-order valence-electron chi connectivity index (χ0n) is 34.3. The maximum atomic E-state index is 12.6. The Balaban J connectivity index is 4.44. The fraction of sp³-hybridized carbons (Fsp3) is 0.681. The topological polar surface area (TPSA) is 78.9 Å². The number of carbonyl (C=O) groups is 3. The molecular weight excluding hydrogens is 661 g/mol. The third-order valence-corrected chi connectivity index (χ3v) is 8.77. The van der Waals surface area contributed by atoms with E-state index in [9.17, 15) is 14.4 Å². The third-order valence-electron chi connectivity index (χ3n) is 8.77. The molecule has 1 unspecified atom stereocenters. The molecule has 0 saturated heterocycles. The lowest BCUT2D eigenvalue weighted by atomic mass is 10.1. The molecule has 0 aliphatic heterocycles. The summed E-state index contributed by atoms with van der Waals surface area (Å²) in [7, 11) is 0. The lowest BCUT2D eigenvalue weighted by molar-refractivity contribution is -0.167. The van der Waals surface area contributed by atoms with Crippen LogP contribution in [0.15, 0.2) is 72.9 Å². The van der Waals surface area contributed by atoms with E-state index in [1.807, 2.05) is 0 Å². The lowest BCUT2D eigenvalue weighted by Crippen LogP contribution is -2.30. The van der Waals surface area contributed by atoms with Crippen LogP contribution >= 0.6 is 0 Å². The monoisotopic (exact) mass is 739 g/mol. The first kappa shape index (κ1) is 49.9. The highest BCUT2D eigenvalue weighted by atomic mass is 16.6. The second-order valence-corrected chi connectivity index (χ2v) is 13.9. The van der Waals surface area contributed by atoms with Crippen LogP contribution in [-0.2, 0) is 28.6 Å². The molecular formula is C47H78O6. The van der Waals surface area contributed by atoms with Crippen LogP contribution in [-0.4, -0.2) is 37.2 Å². The van der Waals surface area contributed by atoms with Crippen LogP contribution in [0.5, 0.6) is 0 Å². The van der Waals surface area contributed by atoms with E-state index >= 15 is 0 Å². The SMILES string of the molecule is CC\C=C/C=C\C=C/CCCCCCCCCC(=O)OCC(COC(=O)CCCCCCCCCCC)OC(=O)CCC/C=C\C/C=C\C/C=C\CC. The fourth-order valence-electron chi connectivity index (χ4n) is 5.58. The predicted octanol–water partition coefficient (Wildman–Crippen LogP) is 13.5. The number of carbonyl (C=O) groups excluding carboxylic acids is 3. The maximum absolute atomic E-state index is 12.6. The van der Waals surface area contributed by atoms with Gasteiger partial charge in [-0.2, -0.15) is 0 Å². The van der Waals surface area contributed by atoms with Gasteiger partial charge in [0.05, 0.1) is 0 Å². The molecule has 0 aromatic rings. The van der Waals surface area contributed by atoms with Gasteiger partial charge < -0.3 is 14.2 Å². The van der Waals surface area contributed by atoms with E-state index in [1.165, 1.54) is 64.2 Å². The molecule has 1 atom stereocenters. The highest BCUT2D eigenvalue weighted by molar-refractivity contribution is 5.71. The lowest BCUT2D eigenvalue weighted by Gasteiger charge is -2.18. The van der Waals surface area contributed by atoms with Crippen molar-refractivity contribution in [2.75, 3.05) is 13.2 Å². The van der Waals surface area contributed by atoms with E-state index < -0.39 is 6.10 Å². The first-order valence-electron chi connectivity index (χ1n) is 21.5. The van der Waals surface area contributed by atoms with Crippen LogP contribution in [0.25, 0.3) is 0 Å². The molecule has 6 heteroatoms. The van der Waals surface area contributed by atoms with Crippen molar-refractivity contribution in [3.63, 3.8) is 0 Å². The molecule has 0 fully saturated rings. The minimum Gasteiger partial charge on any atom is -0.462 e. The van der Waals surface area contributed by atoms with E-state index in [0.717, 1.165) is 77.0 Å². The molecule has 0 amide bonds. The Morgan fingerprint density at radius 2 is 0.849 bits per heavy atom. The number of allylic oxidation sites excluding steroid dienone is 12. The number of rotatable bonds is 37. The molecule has 0 bridgehead atoms. The summed E-state index contributed by atoms with van der Waals surface area (Å²) in [6.07, 6.45) is 50.4. The van der Waals surface area contributed by atoms with Crippen molar-refractivity contribution in [1.29, 1.82) is 0 Å². The van der Waals surface area contributed by atoms with Gasteiger partial charge in [-0.05, 0) is 64.2 Å². The Kier molecular flexibility index (Phi) is 39.1. The average Bonchev–Trinajstić information content (AvgIpc) is 3.15. The van der Waals surface area contributed by atoms with Crippen molar-refractivity contribution in [2.45, 2.75) is 194 Å². The molecule has 0 aromatic carbocycles. The first-order valence-corrected chi connectivity index (χ1v) is 21.5. The highest BCUT2D eigenvalue weighted by Gasteiger charge is 2.19. The van der Waals surface area contributed by atoms with Gasteiger partial charge in [0.2, 0.25) is 0 Å². The van der Waals surface area contributed by atoms with Crippen LogP contribution in [0.1, 0.15) is 188 Å². The third kappa shape index (κ3) is 39.9. The average molecular weight is 739 g/mol. The van der Waals surface area contributed by atoms with Crippen molar-refractivity contribution in [2.24, 2.45) is 0 Å². The van der Waals surface area contributed by atoms with Crippen LogP contribution in [0.4, 0.5) is 0 Å². The summed E-state index contributed by atoms with van der Waals surface area (Å²) in [5, 5.41) is 0. The van der Waals surface area contributed by atoms with E-state index in [0.29, 0.717) is 19.3 Å². The molecule has 302 valence electrons. The van der Waals surface area contributed by atoms with Gasteiger partial charge in [-0.15, -0.1) is 0 Å². The van der Waals surface area contributed by atoms with Gasteiger partial charge in [0.1, 0.15) is 13.2 Å². The molecule has 0 aliphatic rings. The number of ether oxygens (including phenoxy) is 3. The smallest absolute Gasteiger partial charge is 0.306 e. The summed E-state index contributed by atoms with van der Waals surface area (Å²) in [6.45, 7) is 6.28. The van der Waals surface area contributed by atoms with Gasteiger partial charge >= 0.3 is 17.9 Å². The molecule has 0 radical (unpaired) electrons. The summed E-state index contributed by atoms with van der Waals surface area (Å²) >= 11 is 0. The largest absolute Gasteiger partial charge is 0.462 e. The maximum Gasteiger partial charge on any atom is 0.306 e. The Morgan fingerprint density at radius 1 is 0.415 bits per heavy atom. The zero-order chi connectivity index (χ0) is 38.7. The Bertz CT molecular complexity index is 1030. The van der Waals surface area contributed by atoms with E-state index in [4.69, 9.17) is 14.2 Å². The number of unbranched alkanes of at least 4 members (excludes halogenated alkanes) is 16. The molecule has 0 saturated carbocycles. The summed E-state index contributed by atoms with van der Waals surface area (Å²) in [5.41, 5.74) is 0.